The lowest BCUT2D eigenvalue weighted by atomic mass is 10.1. The molecule has 0 unspecified atom stereocenters. The van der Waals surface area contributed by atoms with Crippen molar-refractivity contribution in [1.29, 1.82) is 0 Å². The fourth-order valence-corrected chi connectivity index (χ4v) is 4.10. The Morgan fingerprint density at radius 3 is 2.78 bits per heavy atom. The Labute approximate surface area is 160 Å². The van der Waals surface area contributed by atoms with Crippen LogP contribution in [0, 0.1) is 0 Å². The third kappa shape index (κ3) is 3.64. The number of thiazole rings is 1. The molecule has 1 aliphatic rings. The molecule has 0 saturated carbocycles. The first-order chi connectivity index (χ1) is 13.1. The van der Waals surface area contributed by atoms with E-state index in [1.165, 1.54) is 11.3 Å². The van der Waals surface area contributed by atoms with Gasteiger partial charge in [-0.3, -0.25) is 9.59 Å². The molecule has 3 aromatic rings. The third-order valence-electron chi connectivity index (χ3n) is 4.53. The topological polar surface area (TPSA) is 71.5 Å². The first-order valence-electron chi connectivity index (χ1n) is 8.77. The Balaban J connectivity index is 1.43. The van der Waals surface area contributed by atoms with E-state index >= 15 is 0 Å². The van der Waals surface area contributed by atoms with Gasteiger partial charge in [0.25, 0.3) is 0 Å². The molecule has 2 amide bonds. The van der Waals surface area contributed by atoms with Crippen LogP contribution in [0.1, 0.15) is 18.4 Å². The lowest BCUT2D eigenvalue weighted by Crippen LogP contribution is -2.23. The Kier molecular flexibility index (Phi) is 4.77. The summed E-state index contributed by atoms with van der Waals surface area (Å²) in [7, 11) is 1.60. The lowest BCUT2D eigenvalue weighted by Gasteiger charge is -2.15. The van der Waals surface area contributed by atoms with Crippen molar-refractivity contribution in [3.8, 4) is 5.75 Å². The van der Waals surface area contributed by atoms with Crippen molar-refractivity contribution >= 4 is 44.2 Å². The molecular weight excluding hydrogens is 362 g/mol. The number of nitrogens with one attached hydrogen (secondary N) is 1. The van der Waals surface area contributed by atoms with Gasteiger partial charge in [0, 0.05) is 18.7 Å². The van der Waals surface area contributed by atoms with E-state index in [4.69, 9.17) is 4.74 Å². The highest BCUT2D eigenvalue weighted by Gasteiger charge is 2.21. The fraction of sp³-hybridized carbons (Fsp3) is 0.250. The summed E-state index contributed by atoms with van der Waals surface area (Å²) in [6, 6.07) is 13.3. The second-order valence-corrected chi connectivity index (χ2v) is 7.40. The van der Waals surface area contributed by atoms with E-state index in [1.54, 1.807) is 12.0 Å². The first kappa shape index (κ1) is 17.5. The summed E-state index contributed by atoms with van der Waals surface area (Å²) < 4.78 is 6.27. The zero-order valence-corrected chi connectivity index (χ0v) is 15.7. The van der Waals surface area contributed by atoms with Crippen LogP contribution in [-0.4, -0.2) is 30.5 Å². The molecule has 7 heteroatoms. The minimum atomic E-state index is -0.127. The number of amides is 2. The van der Waals surface area contributed by atoms with Gasteiger partial charge in [0.15, 0.2) is 5.13 Å². The number of ether oxygens (including phenoxy) is 1. The number of para-hydroxylation sites is 1. The van der Waals surface area contributed by atoms with Gasteiger partial charge in [0.05, 0.1) is 18.2 Å². The van der Waals surface area contributed by atoms with E-state index in [2.05, 4.69) is 10.3 Å². The molecule has 2 aromatic carbocycles. The van der Waals surface area contributed by atoms with E-state index < -0.39 is 0 Å². The summed E-state index contributed by atoms with van der Waals surface area (Å²) >= 11 is 1.42. The van der Waals surface area contributed by atoms with Crippen molar-refractivity contribution in [2.75, 3.05) is 23.9 Å². The molecule has 0 aliphatic carbocycles. The molecule has 0 bridgehead atoms. The standard InChI is InChI=1S/C20H19N3O3S/c1-26-15-4-2-5-16-19(15)22-20(27-16)21-17(24)12-13-7-9-14(10-8-13)23-11-3-6-18(23)25/h2,4-5,7-10H,3,6,11-12H2,1H3,(H,21,22,24). The zero-order chi connectivity index (χ0) is 18.8. The van der Waals surface area contributed by atoms with Crippen molar-refractivity contribution < 1.29 is 14.3 Å². The average molecular weight is 381 g/mol. The van der Waals surface area contributed by atoms with E-state index in [9.17, 15) is 9.59 Å². The number of fused-ring (bicyclic) bond motifs is 1. The van der Waals surface area contributed by atoms with Gasteiger partial charge in [0.1, 0.15) is 11.3 Å². The molecule has 0 spiro atoms. The molecule has 0 radical (unpaired) electrons. The zero-order valence-electron chi connectivity index (χ0n) is 14.9. The SMILES string of the molecule is COc1cccc2sc(NC(=O)Cc3ccc(N4CCCC4=O)cc3)nc12. The number of benzene rings is 2. The minimum absolute atomic E-state index is 0.127. The summed E-state index contributed by atoms with van der Waals surface area (Å²) in [6.07, 6.45) is 1.76. The van der Waals surface area contributed by atoms with Gasteiger partial charge in [0.2, 0.25) is 11.8 Å². The molecule has 0 atom stereocenters. The Hall–Kier alpha value is -2.93. The first-order valence-corrected chi connectivity index (χ1v) is 9.58. The highest BCUT2D eigenvalue weighted by molar-refractivity contribution is 7.22. The lowest BCUT2D eigenvalue weighted by molar-refractivity contribution is -0.117. The number of carbonyl (C=O) groups excluding carboxylic acids is 2. The van der Waals surface area contributed by atoms with Gasteiger partial charge < -0.3 is 15.0 Å². The highest BCUT2D eigenvalue weighted by atomic mass is 32.1. The van der Waals surface area contributed by atoms with Gasteiger partial charge in [-0.05, 0) is 36.2 Å². The van der Waals surface area contributed by atoms with Gasteiger partial charge >= 0.3 is 0 Å². The Morgan fingerprint density at radius 1 is 1.26 bits per heavy atom. The largest absolute Gasteiger partial charge is 0.494 e. The maximum atomic E-state index is 12.4. The van der Waals surface area contributed by atoms with Crippen LogP contribution in [0.25, 0.3) is 10.2 Å². The van der Waals surface area contributed by atoms with Crippen LogP contribution in [0.5, 0.6) is 5.75 Å². The minimum Gasteiger partial charge on any atom is -0.494 e. The molecule has 1 saturated heterocycles. The number of anilines is 2. The van der Waals surface area contributed by atoms with Crippen LogP contribution < -0.4 is 15.0 Å². The summed E-state index contributed by atoms with van der Waals surface area (Å²) in [4.78, 5) is 30.4. The molecule has 4 rings (SSSR count). The molecule has 1 aromatic heterocycles. The van der Waals surface area contributed by atoms with Crippen LogP contribution in [0.3, 0.4) is 0 Å². The van der Waals surface area contributed by atoms with Crippen molar-refractivity contribution in [2.24, 2.45) is 0 Å². The Morgan fingerprint density at radius 2 is 2.07 bits per heavy atom. The molecule has 27 heavy (non-hydrogen) atoms. The molecule has 138 valence electrons. The normalized spacial score (nSPS) is 14.0. The van der Waals surface area contributed by atoms with Crippen LogP contribution in [0.2, 0.25) is 0 Å². The molecule has 1 fully saturated rings. The summed E-state index contributed by atoms with van der Waals surface area (Å²) in [6.45, 7) is 0.764. The predicted octanol–water partition coefficient (Wildman–Crippen LogP) is 3.61. The summed E-state index contributed by atoms with van der Waals surface area (Å²) in [5.41, 5.74) is 2.53. The van der Waals surface area contributed by atoms with Crippen molar-refractivity contribution in [1.82, 2.24) is 4.98 Å². The fourth-order valence-electron chi connectivity index (χ4n) is 3.21. The maximum absolute atomic E-state index is 12.4. The summed E-state index contributed by atoms with van der Waals surface area (Å²) in [5, 5.41) is 3.41. The van der Waals surface area contributed by atoms with Gasteiger partial charge in [-0.15, -0.1) is 0 Å². The van der Waals surface area contributed by atoms with Crippen LogP contribution >= 0.6 is 11.3 Å². The van der Waals surface area contributed by atoms with Gasteiger partial charge in [-0.2, -0.15) is 0 Å². The number of methoxy groups -OCH3 is 1. The number of carbonyl (C=O) groups is 2. The molecular formula is C20H19N3O3S. The number of aromatic nitrogens is 1. The van der Waals surface area contributed by atoms with Gasteiger partial charge in [-0.25, -0.2) is 4.98 Å². The smallest absolute Gasteiger partial charge is 0.230 e. The van der Waals surface area contributed by atoms with Crippen LogP contribution in [0.15, 0.2) is 42.5 Å². The van der Waals surface area contributed by atoms with E-state index in [-0.39, 0.29) is 18.2 Å². The highest BCUT2D eigenvalue weighted by Crippen LogP contribution is 2.32. The number of hydrogen-bond acceptors (Lipinski definition) is 5. The average Bonchev–Trinajstić information content (AvgIpc) is 3.27. The van der Waals surface area contributed by atoms with E-state index in [0.717, 1.165) is 34.4 Å². The number of rotatable bonds is 5. The summed E-state index contributed by atoms with van der Waals surface area (Å²) in [5.74, 6) is 0.723. The van der Waals surface area contributed by atoms with Crippen molar-refractivity contribution in [3.05, 3.63) is 48.0 Å². The van der Waals surface area contributed by atoms with Gasteiger partial charge in [-0.1, -0.05) is 29.5 Å². The van der Waals surface area contributed by atoms with Crippen molar-refractivity contribution in [2.45, 2.75) is 19.3 Å². The third-order valence-corrected chi connectivity index (χ3v) is 5.47. The van der Waals surface area contributed by atoms with E-state index in [0.29, 0.717) is 17.3 Å². The van der Waals surface area contributed by atoms with E-state index in [1.807, 2.05) is 42.5 Å². The maximum Gasteiger partial charge on any atom is 0.230 e. The Bertz CT molecular complexity index is 997. The van der Waals surface area contributed by atoms with Crippen LogP contribution in [-0.2, 0) is 16.0 Å². The molecule has 1 N–H and O–H groups in total. The van der Waals surface area contributed by atoms with Crippen LogP contribution in [0.4, 0.5) is 10.8 Å². The second kappa shape index (κ2) is 7.36. The molecule has 6 nitrogen and oxygen atoms in total. The molecule has 2 heterocycles. The quantitative estimate of drug-likeness (QED) is 0.733. The predicted molar refractivity (Wildman–Crippen MR) is 107 cm³/mol. The number of hydrogen-bond donors (Lipinski definition) is 1. The molecule has 1 aliphatic heterocycles. The second-order valence-electron chi connectivity index (χ2n) is 6.37. The van der Waals surface area contributed by atoms with Crippen molar-refractivity contribution in [3.63, 3.8) is 0 Å². The number of nitrogens with zero attached hydrogens (tertiary/aromatic N) is 2. The monoisotopic (exact) mass is 381 g/mol.